The zero-order valence-corrected chi connectivity index (χ0v) is 13.8. The monoisotopic (exact) mass is 346 g/mol. The molecule has 2 aromatic rings. The fourth-order valence-electron chi connectivity index (χ4n) is 2.77. The highest BCUT2D eigenvalue weighted by Crippen LogP contribution is 2.32. The molecule has 3 rings (SSSR count). The number of carbonyl (C=O) groups is 1. The molecule has 0 atom stereocenters. The molecular weight excluding hydrogens is 328 g/mol. The lowest BCUT2D eigenvalue weighted by atomic mass is 10.0. The van der Waals surface area contributed by atoms with Crippen molar-refractivity contribution < 1.29 is 17.9 Å². The van der Waals surface area contributed by atoms with Crippen LogP contribution in [0.3, 0.4) is 0 Å². The Kier molecular flexibility index (Phi) is 4.66. The van der Waals surface area contributed by atoms with E-state index in [4.69, 9.17) is 10.5 Å². The van der Waals surface area contributed by atoms with Gasteiger partial charge in [0.15, 0.2) is 0 Å². The molecule has 1 aliphatic heterocycles. The van der Waals surface area contributed by atoms with Gasteiger partial charge in [0.05, 0.1) is 18.8 Å². The number of hydrogen-bond acceptors (Lipinski definition) is 4. The van der Waals surface area contributed by atoms with Crippen LogP contribution in [0.5, 0.6) is 0 Å². The second-order valence-electron chi connectivity index (χ2n) is 5.43. The third kappa shape index (κ3) is 3.06. The van der Waals surface area contributed by atoms with Crippen LogP contribution in [-0.4, -0.2) is 44.9 Å². The Morgan fingerprint density at radius 2 is 1.67 bits per heavy atom. The molecule has 0 spiro atoms. The highest BCUT2D eigenvalue weighted by molar-refractivity contribution is 7.89. The molecule has 2 aromatic carbocycles. The molecule has 1 aliphatic rings. The van der Waals surface area contributed by atoms with E-state index in [1.54, 1.807) is 24.3 Å². The molecule has 2 N–H and O–H groups in total. The number of nitrogens with zero attached hydrogens (tertiary/aromatic N) is 1. The Morgan fingerprint density at radius 1 is 1.00 bits per heavy atom. The predicted octanol–water partition coefficient (Wildman–Crippen LogP) is 1.47. The first-order valence-corrected chi connectivity index (χ1v) is 9.02. The molecule has 6 nitrogen and oxygen atoms in total. The third-order valence-electron chi connectivity index (χ3n) is 3.93. The van der Waals surface area contributed by atoms with Crippen LogP contribution >= 0.6 is 0 Å². The molecule has 1 heterocycles. The van der Waals surface area contributed by atoms with Crippen molar-refractivity contribution in [3.8, 4) is 11.1 Å². The average molecular weight is 346 g/mol. The largest absolute Gasteiger partial charge is 0.379 e. The predicted molar refractivity (Wildman–Crippen MR) is 90.0 cm³/mol. The van der Waals surface area contributed by atoms with E-state index in [1.807, 2.05) is 18.2 Å². The summed E-state index contributed by atoms with van der Waals surface area (Å²) in [6.07, 6.45) is 0. The minimum atomic E-state index is -3.86. The van der Waals surface area contributed by atoms with Crippen LogP contribution in [0.25, 0.3) is 11.1 Å². The van der Waals surface area contributed by atoms with Crippen molar-refractivity contribution in [2.24, 2.45) is 5.73 Å². The number of ether oxygens (including phenoxy) is 1. The molecule has 0 saturated carbocycles. The fraction of sp³-hybridized carbons (Fsp3) is 0.235. The number of rotatable bonds is 4. The number of hydrogen-bond donors (Lipinski definition) is 1. The third-order valence-corrected chi connectivity index (χ3v) is 5.93. The summed E-state index contributed by atoms with van der Waals surface area (Å²) in [4.78, 5) is 11.8. The van der Waals surface area contributed by atoms with Gasteiger partial charge in [-0.3, -0.25) is 4.79 Å². The van der Waals surface area contributed by atoms with E-state index in [9.17, 15) is 13.2 Å². The Labute approximate surface area is 140 Å². The molecule has 1 amide bonds. The molecular formula is C17H18N2O4S. The minimum Gasteiger partial charge on any atom is -0.379 e. The van der Waals surface area contributed by atoms with Crippen LogP contribution in [0.2, 0.25) is 0 Å². The molecule has 0 radical (unpaired) electrons. The van der Waals surface area contributed by atoms with E-state index < -0.39 is 15.9 Å². The number of benzene rings is 2. The average Bonchev–Trinajstić information content (AvgIpc) is 2.62. The number of morpholine rings is 1. The van der Waals surface area contributed by atoms with E-state index in [1.165, 1.54) is 10.4 Å². The van der Waals surface area contributed by atoms with Gasteiger partial charge in [0.1, 0.15) is 4.90 Å². The van der Waals surface area contributed by atoms with Crippen molar-refractivity contribution in [1.82, 2.24) is 4.31 Å². The van der Waals surface area contributed by atoms with Crippen molar-refractivity contribution in [3.05, 3.63) is 54.1 Å². The maximum absolute atomic E-state index is 13.2. The Bertz CT molecular complexity index is 844. The summed E-state index contributed by atoms with van der Waals surface area (Å²) in [6.45, 7) is 1.17. The van der Waals surface area contributed by atoms with Gasteiger partial charge in [0.25, 0.3) is 0 Å². The van der Waals surface area contributed by atoms with E-state index in [-0.39, 0.29) is 23.5 Å². The zero-order valence-electron chi connectivity index (χ0n) is 13.0. The van der Waals surface area contributed by atoms with Crippen molar-refractivity contribution in [2.45, 2.75) is 4.90 Å². The van der Waals surface area contributed by atoms with Gasteiger partial charge in [0, 0.05) is 18.7 Å². The molecule has 126 valence electrons. The van der Waals surface area contributed by atoms with Gasteiger partial charge in [-0.1, -0.05) is 42.5 Å². The standard InChI is InChI=1S/C17H18N2O4S/c18-17(20)15-8-4-7-14(13-5-2-1-3-6-13)16(15)24(21,22)19-9-11-23-12-10-19/h1-8H,9-12H2,(H2,18,20). The fourth-order valence-corrected chi connectivity index (χ4v) is 4.57. The number of carbonyl (C=O) groups excluding carboxylic acids is 1. The number of sulfonamides is 1. The molecule has 7 heteroatoms. The molecule has 1 saturated heterocycles. The van der Waals surface area contributed by atoms with Crippen molar-refractivity contribution in [3.63, 3.8) is 0 Å². The van der Waals surface area contributed by atoms with Gasteiger partial charge in [-0.25, -0.2) is 8.42 Å². The van der Waals surface area contributed by atoms with Gasteiger partial charge in [-0.2, -0.15) is 4.31 Å². The molecule has 0 aromatic heterocycles. The lowest BCUT2D eigenvalue weighted by Gasteiger charge is -2.27. The van der Waals surface area contributed by atoms with Crippen molar-refractivity contribution in [2.75, 3.05) is 26.3 Å². The van der Waals surface area contributed by atoms with E-state index in [0.29, 0.717) is 24.3 Å². The van der Waals surface area contributed by atoms with Crippen LogP contribution in [0, 0.1) is 0 Å². The molecule has 1 fully saturated rings. The second-order valence-corrected chi connectivity index (χ2v) is 7.30. The Balaban J connectivity index is 2.22. The summed E-state index contributed by atoms with van der Waals surface area (Å²) in [5, 5.41) is 0. The number of amides is 1. The summed E-state index contributed by atoms with van der Waals surface area (Å²) < 4.78 is 32.9. The number of primary amides is 1. The van der Waals surface area contributed by atoms with Gasteiger partial charge >= 0.3 is 0 Å². The highest BCUT2D eigenvalue weighted by atomic mass is 32.2. The van der Waals surface area contributed by atoms with Crippen LogP contribution in [0.1, 0.15) is 10.4 Å². The van der Waals surface area contributed by atoms with E-state index in [2.05, 4.69) is 0 Å². The summed E-state index contributed by atoms with van der Waals surface area (Å²) in [7, 11) is -3.86. The van der Waals surface area contributed by atoms with E-state index in [0.717, 1.165) is 0 Å². The van der Waals surface area contributed by atoms with Crippen LogP contribution < -0.4 is 5.73 Å². The van der Waals surface area contributed by atoms with Gasteiger partial charge in [-0.15, -0.1) is 0 Å². The molecule has 0 bridgehead atoms. The molecule has 0 aliphatic carbocycles. The van der Waals surface area contributed by atoms with Crippen molar-refractivity contribution in [1.29, 1.82) is 0 Å². The summed E-state index contributed by atoms with van der Waals surface area (Å²) >= 11 is 0. The van der Waals surface area contributed by atoms with Crippen LogP contribution in [0.15, 0.2) is 53.4 Å². The highest BCUT2D eigenvalue weighted by Gasteiger charge is 2.32. The second kappa shape index (κ2) is 6.72. The van der Waals surface area contributed by atoms with E-state index >= 15 is 0 Å². The first-order valence-electron chi connectivity index (χ1n) is 7.58. The Morgan fingerprint density at radius 3 is 2.29 bits per heavy atom. The normalized spacial score (nSPS) is 16.0. The minimum absolute atomic E-state index is 0.00263. The molecule has 0 unspecified atom stereocenters. The van der Waals surface area contributed by atoms with Gasteiger partial charge in [0.2, 0.25) is 15.9 Å². The maximum Gasteiger partial charge on any atom is 0.250 e. The summed E-state index contributed by atoms with van der Waals surface area (Å²) in [6, 6.07) is 13.9. The SMILES string of the molecule is NC(=O)c1cccc(-c2ccccc2)c1S(=O)(=O)N1CCOCC1. The topological polar surface area (TPSA) is 89.7 Å². The van der Waals surface area contributed by atoms with Gasteiger partial charge in [-0.05, 0) is 11.6 Å². The summed E-state index contributed by atoms with van der Waals surface area (Å²) in [5.74, 6) is -0.764. The lowest BCUT2D eigenvalue weighted by molar-refractivity contribution is 0.0730. The smallest absolute Gasteiger partial charge is 0.250 e. The first kappa shape index (κ1) is 16.6. The Hall–Kier alpha value is -2.22. The maximum atomic E-state index is 13.2. The lowest BCUT2D eigenvalue weighted by Crippen LogP contribution is -2.41. The van der Waals surface area contributed by atoms with Crippen LogP contribution in [-0.2, 0) is 14.8 Å². The molecule has 24 heavy (non-hydrogen) atoms. The van der Waals surface area contributed by atoms with Crippen LogP contribution in [0.4, 0.5) is 0 Å². The quantitative estimate of drug-likeness (QED) is 0.908. The zero-order chi connectivity index (χ0) is 17.2. The summed E-state index contributed by atoms with van der Waals surface area (Å²) in [5.41, 5.74) is 6.63. The first-order chi connectivity index (χ1) is 11.5. The number of nitrogens with two attached hydrogens (primary N) is 1. The van der Waals surface area contributed by atoms with Crippen molar-refractivity contribution >= 4 is 15.9 Å². The van der Waals surface area contributed by atoms with Gasteiger partial charge < -0.3 is 10.5 Å².